The minimum Gasteiger partial charge on any atom is -0.475 e. The fourth-order valence-corrected chi connectivity index (χ4v) is 1.93. The van der Waals surface area contributed by atoms with Crippen LogP contribution in [-0.2, 0) is 20.8 Å². The van der Waals surface area contributed by atoms with Gasteiger partial charge in [0.2, 0.25) is 0 Å². The average Bonchev–Trinajstić information content (AvgIpc) is 2.47. The summed E-state index contributed by atoms with van der Waals surface area (Å²) >= 11 is 0. The van der Waals surface area contributed by atoms with Gasteiger partial charge in [-0.2, -0.15) is 0 Å². The first kappa shape index (κ1) is 22.2. The summed E-state index contributed by atoms with van der Waals surface area (Å²) in [6.45, 7) is 9.93. The third-order valence-electron chi connectivity index (χ3n) is 2.82. The van der Waals surface area contributed by atoms with Crippen molar-refractivity contribution < 1.29 is 28.7 Å². The molecule has 0 atom stereocenters. The molecule has 1 rings (SSSR count). The van der Waals surface area contributed by atoms with Gasteiger partial charge in [0.15, 0.2) is 12.4 Å². The van der Waals surface area contributed by atoms with Crippen LogP contribution >= 0.6 is 0 Å². The number of nitrogens with one attached hydrogen (secondary N) is 1. The van der Waals surface area contributed by atoms with Crippen LogP contribution in [0.1, 0.15) is 47.1 Å². The summed E-state index contributed by atoms with van der Waals surface area (Å²) in [7, 11) is 0. The van der Waals surface area contributed by atoms with E-state index < -0.39 is 34.8 Å². The van der Waals surface area contributed by atoms with Gasteiger partial charge < -0.3 is 19.5 Å². The van der Waals surface area contributed by atoms with Gasteiger partial charge >= 0.3 is 17.7 Å². The van der Waals surface area contributed by atoms with E-state index in [2.05, 4.69) is 5.32 Å². The van der Waals surface area contributed by atoms with Crippen LogP contribution in [0.5, 0.6) is 5.75 Å². The molecule has 1 N–H and O–H groups in total. The fraction of sp³-hybridized carbons (Fsp3) is 0.556. The first-order valence-corrected chi connectivity index (χ1v) is 8.35. The van der Waals surface area contributed by atoms with Crippen molar-refractivity contribution in [3.8, 4) is 5.75 Å². The maximum Gasteiger partial charge on any atom is 0.407 e. The maximum atomic E-state index is 11.8. The van der Waals surface area contributed by atoms with Crippen LogP contribution in [0.4, 0.5) is 10.5 Å². The molecular weight excluding hydrogens is 356 g/mol. The summed E-state index contributed by atoms with van der Waals surface area (Å²) in [4.78, 5) is 34.0. The molecule has 1 amide bonds. The molecule has 0 bridgehead atoms. The Kier molecular flexibility index (Phi) is 7.15. The Labute approximate surface area is 158 Å². The predicted molar refractivity (Wildman–Crippen MR) is 97.5 cm³/mol. The molecule has 0 saturated carbocycles. The number of benzene rings is 1. The standard InChI is InChI=1S/C18H26N2O7/c1-17(2,3)26-15(21)11-25-14-9-12(7-8-13(14)20(23)24)10-19-16(22)27-18(4,5)6/h7-9H,10-11H2,1-6H3,(H,19,22). The molecule has 0 unspecified atom stereocenters. The van der Waals surface area contributed by atoms with Crippen LogP contribution < -0.4 is 10.1 Å². The van der Waals surface area contributed by atoms with Gasteiger partial charge in [-0.15, -0.1) is 0 Å². The van der Waals surface area contributed by atoms with E-state index >= 15 is 0 Å². The smallest absolute Gasteiger partial charge is 0.407 e. The average molecular weight is 382 g/mol. The number of nitro groups is 1. The monoisotopic (exact) mass is 382 g/mol. The van der Waals surface area contributed by atoms with Gasteiger partial charge in [-0.3, -0.25) is 10.1 Å². The molecule has 0 heterocycles. The molecule has 9 nitrogen and oxygen atoms in total. The molecule has 0 saturated heterocycles. The van der Waals surface area contributed by atoms with Crippen molar-refractivity contribution in [3.05, 3.63) is 33.9 Å². The van der Waals surface area contributed by atoms with Gasteiger partial charge in [0.25, 0.3) is 0 Å². The maximum absolute atomic E-state index is 11.8. The number of nitro benzene ring substituents is 1. The highest BCUT2D eigenvalue weighted by Crippen LogP contribution is 2.28. The second-order valence-corrected chi connectivity index (χ2v) is 7.79. The van der Waals surface area contributed by atoms with Crippen molar-refractivity contribution >= 4 is 17.7 Å². The largest absolute Gasteiger partial charge is 0.475 e. The lowest BCUT2D eigenvalue weighted by Gasteiger charge is -2.20. The second-order valence-electron chi connectivity index (χ2n) is 7.79. The van der Waals surface area contributed by atoms with Gasteiger partial charge in [-0.1, -0.05) is 6.07 Å². The summed E-state index contributed by atoms with van der Waals surface area (Å²) in [6.07, 6.45) is -0.614. The highest BCUT2D eigenvalue weighted by atomic mass is 16.6. The molecule has 27 heavy (non-hydrogen) atoms. The molecule has 0 aliphatic carbocycles. The Bertz CT molecular complexity index is 703. The number of carbonyl (C=O) groups is 2. The van der Waals surface area contributed by atoms with Crippen molar-refractivity contribution in [1.82, 2.24) is 5.32 Å². The van der Waals surface area contributed by atoms with E-state index in [1.165, 1.54) is 18.2 Å². The van der Waals surface area contributed by atoms with E-state index in [4.69, 9.17) is 14.2 Å². The van der Waals surface area contributed by atoms with Crippen molar-refractivity contribution in [2.45, 2.75) is 59.3 Å². The van der Waals surface area contributed by atoms with Crippen LogP contribution in [-0.4, -0.2) is 34.8 Å². The number of hydrogen-bond acceptors (Lipinski definition) is 7. The lowest BCUT2D eigenvalue weighted by atomic mass is 10.2. The zero-order chi connectivity index (χ0) is 20.8. The third-order valence-corrected chi connectivity index (χ3v) is 2.82. The Morgan fingerprint density at radius 3 is 2.19 bits per heavy atom. The van der Waals surface area contributed by atoms with Crippen LogP contribution in [0.15, 0.2) is 18.2 Å². The number of ether oxygens (including phenoxy) is 3. The second kappa shape index (κ2) is 8.70. The highest BCUT2D eigenvalue weighted by Gasteiger charge is 2.21. The fourth-order valence-electron chi connectivity index (χ4n) is 1.93. The molecule has 1 aromatic rings. The molecule has 0 spiro atoms. The molecule has 0 fully saturated rings. The van der Waals surface area contributed by atoms with Gasteiger partial charge in [0.1, 0.15) is 11.2 Å². The Morgan fingerprint density at radius 1 is 1.07 bits per heavy atom. The Balaban J connectivity index is 2.81. The highest BCUT2D eigenvalue weighted by molar-refractivity contribution is 5.72. The van der Waals surface area contributed by atoms with Gasteiger partial charge in [0.05, 0.1) is 4.92 Å². The van der Waals surface area contributed by atoms with Crippen molar-refractivity contribution in [2.75, 3.05) is 6.61 Å². The molecule has 0 aliphatic rings. The first-order valence-electron chi connectivity index (χ1n) is 8.35. The van der Waals surface area contributed by atoms with E-state index in [0.717, 1.165) is 0 Å². The number of hydrogen-bond donors (Lipinski definition) is 1. The molecule has 0 radical (unpaired) electrons. The van der Waals surface area contributed by atoms with E-state index in [1.807, 2.05) is 0 Å². The Morgan fingerprint density at radius 2 is 1.67 bits per heavy atom. The zero-order valence-corrected chi connectivity index (χ0v) is 16.5. The lowest BCUT2D eigenvalue weighted by molar-refractivity contribution is -0.385. The van der Waals surface area contributed by atoms with Crippen molar-refractivity contribution in [2.24, 2.45) is 0 Å². The minimum atomic E-state index is -0.689. The predicted octanol–water partition coefficient (Wildman–Crippen LogP) is 3.34. The number of carbonyl (C=O) groups excluding carboxylic acids is 2. The van der Waals surface area contributed by atoms with Crippen LogP contribution in [0.3, 0.4) is 0 Å². The van der Waals surface area contributed by atoms with Gasteiger partial charge in [-0.25, -0.2) is 9.59 Å². The molecule has 1 aromatic carbocycles. The number of nitrogens with zero attached hydrogens (tertiary/aromatic N) is 1. The van der Waals surface area contributed by atoms with Gasteiger partial charge in [-0.05, 0) is 53.2 Å². The lowest BCUT2D eigenvalue weighted by Crippen LogP contribution is -2.32. The van der Waals surface area contributed by atoms with Crippen LogP contribution in [0, 0.1) is 10.1 Å². The topological polar surface area (TPSA) is 117 Å². The zero-order valence-electron chi connectivity index (χ0n) is 16.5. The quantitative estimate of drug-likeness (QED) is 0.455. The summed E-state index contributed by atoms with van der Waals surface area (Å²) in [5.74, 6) is -0.733. The molecule has 150 valence electrons. The minimum absolute atomic E-state index is 0.0791. The summed E-state index contributed by atoms with van der Waals surface area (Å²) in [5, 5.41) is 13.7. The van der Waals surface area contributed by atoms with E-state index in [0.29, 0.717) is 5.56 Å². The number of rotatable bonds is 6. The number of esters is 1. The first-order chi connectivity index (χ1) is 12.3. The van der Waals surface area contributed by atoms with Crippen molar-refractivity contribution in [3.63, 3.8) is 0 Å². The summed E-state index contributed by atoms with van der Waals surface area (Å²) in [6, 6.07) is 4.12. The van der Waals surface area contributed by atoms with Crippen molar-refractivity contribution in [1.29, 1.82) is 0 Å². The molecular formula is C18H26N2O7. The normalized spacial score (nSPS) is 11.5. The molecule has 0 aromatic heterocycles. The summed E-state index contributed by atoms with van der Waals surface area (Å²) in [5.41, 5.74) is -1.07. The molecule has 9 heteroatoms. The van der Waals surface area contributed by atoms with Crippen LogP contribution in [0.25, 0.3) is 0 Å². The van der Waals surface area contributed by atoms with E-state index in [-0.39, 0.29) is 18.0 Å². The molecule has 0 aliphatic heterocycles. The van der Waals surface area contributed by atoms with E-state index in [1.54, 1.807) is 41.5 Å². The number of amides is 1. The van der Waals surface area contributed by atoms with Crippen LogP contribution in [0.2, 0.25) is 0 Å². The third kappa shape index (κ3) is 8.89. The summed E-state index contributed by atoms with van der Waals surface area (Å²) < 4.78 is 15.5. The van der Waals surface area contributed by atoms with E-state index in [9.17, 15) is 19.7 Å². The van der Waals surface area contributed by atoms with Gasteiger partial charge in [0, 0.05) is 12.6 Å². The Hall–Kier alpha value is -2.84. The SMILES string of the molecule is CC(C)(C)OC(=O)COc1cc(CNC(=O)OC(C)(C)C)ccc1[N+](=O)[O-]. The number of alkyl carbamates (subject to hydrolysis) is 1.